The number of aryl methyl sites for hydroxylation is 1. The summed E-state index contributed by atoms with van der Waals surface area (Å²) >= 11 is 0. The Labute approximate surface area is 133 Å². The molecule has 1 N–H and O–H groups in total. The summed E-state index contributed by atoms with van der Waals surface area (Å²) in [5.41, 5.74) is 1.34. The molecule has 1 aliphatic carbocycles. The molecule has 2 aromatic heterocycles. The minimum atomic E-state index is -2.55. The quantitative estimate of drug-likeness (QED) is 0.866. The fraction of sp³-hybridized carbons (Fsp3) is 0.438. The summed E-state index contributed by atoms with van der Waals surface area (Å²) in [6, 6.07) is 5.10. The minimum absolute atomic E-state index is 0.0466. The monoisotopic (exact) mass is 317 g/mol. The van der Waals surface area contributed by atoms with Crippen molar-refractivity contribution in [3.8, 4) is 5.82 Å². The third kappa shape index (κ3) is 3.47. The molecule has 1 fully saturated rings. The Balaban J connectivity index is 1.83. The van der Waals surface area contributed by atoms with Gasteiger partial charge in [0.1, 0.15) is 11.6 Å². The third-order valence-electron chi connectivity index (χ3n) is 4.04. The summed E-state index contributed by atoms with van der Waals surface area (Å²) < 4.78 is 28.1. The smallest absolute Gasteiger partial charge is 0.248 e. The lowest BCUT2D eigenvalue weighted by atomic mass is 9.92. The molecule has 7 heteroatoms. The summed E-state index contributed by atoms with van der Waals surface area (Å²) in [6.45, 7) is 9.13. The van der Waals surface area contributed by atoms with Crippen LogP contribution in [0.2, 0.25) is 0 Å². The van der Waals surface area contributed by atoms with Gasteiger partial charge in [-0.05, 0) is 38.0 Å². The first-order valence-corrected chi connectivity index (χ1v) is 7.52. The second kappa shape index (κ2) is 5.95. The highest BCUT2D eigenvalue weighted by molar-refractivity contribution is 5.58. The Bertz CT molecular complexity index is 737. The van der Waals surface area contributed by atoms with E-state index < -0.39 is 5.92 Å². The first-order valence-electron chi connectivity index (χ1n) is 7.52. The number of rotatable bonds is 3. The van der Waals surface area contributed by atoms with Crippen molar-refractivity contribution in [2.45, 2.75) is 44.6 Å². The number of hydrogen-bond acceptors (Lipinski definition) is 3. The fourth-order valence-corrected chi connectivity index (χ4v) is 2.75. The lowest BCUT2D eigenvalue weighted by molar-refractivity contribution is -0.0361. The first-order chi connectivity index (χ1) is 11.0. The Morgan fingerprint density at radius 3 is 2.70 bits per heavy atom. The second-order valence-electron chi connectivity index (χ2n) is 5.84. The van der Waals surface area contributed by atoms with E-state index in [1.807, 2.05) is 13.0 Å². The molecule has 1 saturated carbocycles. The van der Waals surface area contributed by atoms with E-state index >= 15 is 0 Å². The van der Waals surface area contributed by atoms with Gasteiger partial charge in [0.25, 0.3) is 0 Å². The zero-order chi connectivity index (χ0) is 16.4. The van der Waals surface area contributed by atoms with Gasteiger partial charge in [0, 0.05) is 30.8 Å². The molecule has 120 valence electrons. The molecule has 5 nitrogen and oxygen atoms in total. The van der Waals surface area contributed by atoms with Gasteiger partial charge < -0.3 is 5.32 Å². The van der Waals surface area contributed by atoms with Crippen LogP contribution in [0.1, 0.15) is 31.4 Å². The Morgan fingerprint density at radius 1 is 1.35 bits per heavy atom. The molecule has 2 heterocycles. The van der Waals surface area contributed by atoms with Crippen LogP contribution in [-0.4, -0.2) is 26.7 Å². The molecule has 0 bridgehead atoms. The zero-order valence-corrected chi connectivity index (χ0v) is 12.8. The highest BCUT2D eigenvalue weighted by atomic mass is 19.3. The minimum Gasteiger partial charge on any atom is -0.368 e. The van der Waals surface area contributed by atoms with Crippen LogP contribution in [0.5, 0.6) is 0 Å². The average molecular weight is 317 g/mol. The number of pyridine rings is 1. The van der Waals surface area contributed by atoms with Gasteiger partial charge in [-0.1, -0.05) is 0 Å². The van der Waals surface area contributed by atoms with E-state index in [1.54, 1.807) is 23.0 Å². The van der Waals surface area contributed by atoms with Crippen LogP contribution in [0.15, 0.2) is 24.4 Å². The van der Waals surface area contributed by atoms with Gasteiger partial charge in [0.15, 0.2) is 5.69 Å². The van der Waals surface area contributed by atoms with E-state index in [9.17, 15) is 8.78 Å². The van der Waals surface area contributed by atoms with Crippen LogP contribution in [0.25, 0.3) is 10.7 Å². The molecule has 0 unspecified atom stereocenters. The maximum atomic E-state index is 13.2. The number of halogens is 2. The van der Waals surface area contributed by atoms with Gasteiger partial charge in [-0.25, -0.2) is 23.3 Å². The van der Waals surface area contributed by atoms with Crippen molar-refractivity contribution in [1.82, 2.24) is 14.8 Å². The highest BCUT2D eigenvalue weighted by Gasteiger charge is 2.34. The van der Waals surface area contributed by atoms with Gasteiger partial charge in [-0.2, -0.15) is 5.10 Å². The normalized spacial score (nSPS) is 17.7. The molecule has 2 aromatic rings. The number of anilines is 1. The predicted molar refractivity (Wildman–Crippen MR) is 83.2 cm³/mol. The van der Waals surface area contributed by atoms with Gasteiger partial charge in [0.2, 0.25) is 5.92 Å². The van der Waals surface area contributed by atoms with Crippen LogP contribution < -0.4 is 5.32 Å². The standard InChI is InChI=1S/C16H17F2N5/c1-11-5-8-20-23(11)15-10-13(19-2)9-14(22-15)21-12-3-6-16(17,18)7-4-12/h5,8-10,12H,3-4,6-7H2,1H3,(H,21,22). The van der Waals surface area contributed by atoms with E-state index in [0.29, 0.717) is 30.2 Å². The molecule has 1 aliphatic rings. The van der Waals surface area contributed by atoms with Gasteiger partial charge in [-0.3, -0.25) is 0 Å². The molecule has 0 aliphatic heterocycles. The van der Waals surface area contributed by atoms with E-state index in [4.69, 9.17) is 6.57 Å². The SMILES string of the molecule is [C-]#[N+]c1cc(NC2CCC(F)(F)CC2)nc(-n2nccc2C)c1. The lowest BCUT2D eigenvalue weighted by Gasteiger charge is -2.29. The highest BCUT2D eigenvalue weighted by Crippen LogP contribution is 2.34. The van der Waals surface area contributed by atoms with E-state index in [2.05, 4.69) is 20.2 Å². The van der Waals surface area contributed by atoms with E-state index in [-0.39, 0.29) is 18.9 Å². The Morgan fingerprint density at radius 2 is 2.09 bits per heavy atom. The number of nitrogens with zero attached hydrogens (tertiary/aromatic N) is 4. The van der Waals surface area contributed by atoms with Crippen molar-refractivity contribution in [3.05, 3.63) is 41.5 Å². The zero-order valence-electron chi connectivity index (χ0n) is 12.8. The number of alkyl halides is 2. The van der Waals surface area contributed by atoms with Gasteiger partial charge in [0.05, 0.1) is 6.57 Å². The second-order valence-corrected chi connectivity index (χ2v) is 5.84. The van der Waals surface area contributed by atoms with Crippen molar-refractivity contribution < 1.29 is 8.78 Å². The Hall–Kier alpha value is -2.49. The van der Waals surface area contributed by atoms with Crippen molar-refractivity contribution in [2.24, 2.45) is 0 Å². The number of aromatic nitrogens is 3. The van der Waals surface area contributed by atoms with Crippen molar-refractivity contribution >= 4 is 11.5 Å². The molecule has 0 saturated heterocycles. The molecular weight excluding hydrogens is 300 g/mol. The van der Waals surface area contributed by atoms with Crippen molar-refractivity contribution in [3.63, 3.8) is 0 Å². The molecule has 0 radical (unpaired) electrons. The summed E-state index contributed by atoms with van der Waals surface area (Å²) in [5, 5.41) is 7.38. The number of nitrogens with one attached hydrogen (secondary N) is 1. The topological polar surface area (TPSA) is 47.1 Å². The fourth-order valence-electron chi connectivity index (χ4n) is 2.75. The summed E-state index contributed by atoms with van der Waals surface area (Å²) in [5.74, 6) is -1.48. The molecule has 3 rings (SSSR count). The molecule has 23 heavy (non-hydrogen) atoms. The van der Waals surface area contributed by atoms with Crippen molar-refractivity contribution in [1.29, 1.82) is 0 Å². The van der Waals surface area contributed by atoms with Gasteiger partial charge in [-0.15, -0.1) is 0 Å². The lowest BCUT2D eigenvalue weighted by Crippen LogP contribution is -2.32. The third-order valence-corrected chi connectivity index (χ3v) is 4.04. The number of hydrogen-bond donors (Lipinski definition) is 1. The van der Waals surface area contributed by atoms with Crippen LogP contribution in [0.4, 0.5) is 20.3 Å². The van der Waals surface area contributed by atoms with Crippen LogP contribution >= 0.6 is 0 Å². The molecule has 0 amide bonds. The summed E-state index contributed by atoms with van der Waals surface area (Å²) in [7, 11) is 0. The van der Waals surface area contributed by atoms with Crippen molar-refractivity contribution in [2.75, 3.05) is 5.32 Å². The molecule has 0 aromatic carbocycles. The van der Waals surface area contributed by atoms with E-state index in [1.165, 1.54) is 0 Å². The van der Waals surface area contributed by atoms with Crippen LogP contribution in [-0.2, 0) is 0 Å². The largest absolute Gasteiger partial charge is 0.368 e. The molecule has 0 atom stereocenters. The van der Waals surface area contributed by atoms with E-state index in [0.717, 1.165) is 5.69 Å². The predicted octanol–water partition coefficient (Wildman–Crippen LogP) is 4.12. The molecular formula is C16H17F2N5. The average Bonchev–Trinajstić information content (AvgIpc) is 2.95. The first kappa shape index (κ1) is 15.4. The summed E-state index contributed by atoms with van der Waals surface area (Å²) in [6.07, 6.45) is 2.23. The molecule has 0 spiro atoms. The van der Waals surface area contributed by atoms with Gasteiger partial charge >= 0.3 is 0 Å². The van der Waals surface area contributed by atoms with Crippen LogP contribution in [0.3, 0.4) is 0 Å². The Kier molecular flexibility index (Phi) is 3.99. The maximum Gasteiger partial charge on any atom is 0.248 e. The summed E-state index contributed by atoms with van der Waals surface area (Å²) in [4.78, 5) is 7.93. The maximum absolute atomic E-state index is 13.2. The van der Waals surface area contributed by atoms with Crippen LogP contribution in [0, 0.1) is 13.5 Å².